The molecule has 2 fully saturated rings. The molecule has 2 amide bonds. The first-order valence-electron chi connectivity index (χ1n) is 14.9. The van der Waals surface area contributed by atoms with E-state index in [4.69, 9.17) is 23.7 Å². The standard InChI is InChI=1S/C32H38N4O8/c1-19-11-20-16-33-23-14-28(26(40-2)12-21(23)32(39)36(20)17-19)43-8-5-4-6-9-44-29-15-24-22(13-27(29)41-3)31(38)35-7-10-42-18-25(35)30(37)34-24/h12-16,20,25,31,38H,1,4-11,17-18H2,2-3H3,(H,34,37)/t20-,25-,31?/m0/s1. The van der Waals surface area contributed by atoms with Gasteiger partial charge in [0.1, 0.15) is 12.3 Å². The smallest absolute Gasteiger partial charge is 0.257 e. The van der Waals surface area contributed by atoms with Crippen LogP contribution in [-0.4, -0.2) is 98.8 Å². The highest BCUT2D eigenvalue weighted by molar-refractivity contribution is 6.04. The lowest BCUT2D eigenvalue weighted by molar-refractivity contribution is -0.138. The summed E-state index contributed by atoms with van der Waals surface area (Å²) in [4.78, 5) is 34.1. The molecule has 0 bridgehead atoms. The average molecular weight is 607 g/mol. The fourth-order valence-corrected chi connectivity index (χ4v) is 6.05. The summed E-state index contributed by atoms with van der Waals surface area (Å²) in [5.41, 5.74) is 3.13. The number of carbonyl (C=O) groups is 2. The Balaban J connectivity index is 1.02. The van der Waals surface area contributed by atoms with Gasteiger partial charge in [-0.1, -0.05) is 12.2 Å². The van der Waals surface area contributed by atoms with Crippen LogP contribution in [0.3, 0.4) is 0 Å². The molecule has 0 spiro atoms. The van der Waals surface area contributed by atoms with E-state index in [1.54, 1.807) is 48.3 Å². The van der Waals surface area contributed by atoms with Crippen molar-refractivity contribution >= 4 is 29.4 Å². The summed E-state index contributed by atoms with van der Waals surface area (Å²) < 4.78 is 28.6. The van der Waals surface area contributed by atoms with Crippen LogP contribution in [0.5, 0.6) is 23.0 Å². The molecule has 12 heteroatoms. The molecule has 44 heavy (non-hydrogen) atoms. The third-order valence-corrected chi connectivity index (χ3v) is 8.41. The van der Waals surface area contributed by atoms with Crippen molar-refractivity contribution in [1.82, 2.24) is 9.80 Å². The Hall–Kier alpha value is -4.13. The molecule has 0 aliphatic carbocycles. The van der Waals surface area contributed by atoms with Gasteiger partial charge in [0.25, 0.3) is 5.91 Å². The van der Waals surface area contributed by atoms with Gasteiger partial charge in [-0.2, -0.15) is 0 Å². The summed E-state index contributed by atoms with van der Waals surface area (Å²) >= 11 is 0. The number of anilines is 1. The van der Waals surface area contributed by atoms with E-state index < -0.39 is 12.3 Å². The molecule has 3 atom stereocenters. The molecule has 2 N–H and O–H groups in total. The van der Waals surface area contributed by atoms with Gasteiger partial charge < -0.3 is 39.0 Å². The lowest BCUT2D eigenvalue weighted by atomic mass is 10.1. The zero-order valence-corrected chi connectivity index (χ0v) is 25.0. The van der Waals surface area contributed by atoms with Crippen molar-refractivity contribution in [3.63, 3.8) is 0 Å². The number of morpholine rings is 1. The van der Waals surface area contributed by atoms with E-state index in [9.17, 15) is 14.7 Å². The molecule has 2 aromatic rings. The Kier molecular flexibility index (Phi) is 8.74. The predicted octanol–water partition coefficient (Wildman–Crippen LogP) is 3.46. The van der Waals surface area contributed by atoms with E-state index in [1.807, 2.05) is 6.21 Å². The summed E-state index contributed by atoms with van der Waals surface area (Å²) in [5, 5.41) is 13.9. The van der Waals surface area contributed by atoms with Gasteiger partial charge in [-0.3, -0.25) is 19.5 Å². The number of aliphatic hydroxyl groups excluding tert-OH is 1. The summed E-state index contributed by atoms with van der Waals surface area (Å²) in [7, 11) is 3.10. The SMILES string of the molecule is C=C1C[C@H]2C=Nc3cc(OCCCCCOc4cc5c(cc4OC)C(O)N4CCOC[C@H]4C(=O)N5)c(OC)cc3C(=O)N2C1. The quantitative estimate of drug-likeness (QED) is 0.308. The molecule has 4 aliphatic heterocycles. The van der Waals surface area contributed by atoms with Gasteiger partial charge in [0.05, 0.1) is 63.6 Å². The highest BCUT2D eigenvalue weighted by Gasteiger charge is 2.39. The first-order valence-corrected chi connectivity index (χ1v) is 14.9. The summed E-state index contributed by atoms with van der Waals surface area (Å²) in [5.74, 6) is 1.69. The molecule has 2 saturated heterocycles. The highest BCUT2D eigenvalue weighted by Crippen LogP contribution is 2.41. The second-order valence-electron chi connectivity index (χ2n) is 11.3. The Morgan fingerprint density at radius 1 is 1.02 bits per heavy atom. The maximum absolute atomic E-state index is 13.2. The molecule has 0 saturated carbocycles. The number of amides is 2. The van der Waals surface area contributed by atoms with Crippen LogP contribution in [0, 0.1) is 0 Å². The van der Waals surface area contributed by atoms with E-state index in [0.717, 1.165) is 31.3 Å². The Bertz CT molecular complexity index is 1480. The third-order valence-electron chi connectivity index (χ3n) is 8.41. The summed E-state index contributed by atoms with van der Waals surface area (Å²) in [6.45, 7) is 6.57. The first kappa shape index (κ1) is 29.9. The number of fused-ring (bicyclic) bond motifs is 4. The van der Waals surface area contributed by atoms with Crippen molar-refractivity contribution in [3.8, 4) is 23.0 Å². The van der Waals surface area contributed by atoms with Crippen LogP contribution in [0.2, 0.25) is 0 Å². The van der Waals surface area contributed by atoms with E-state index in [-0.39, 0.29) is 24.5 Å². The number of aliphatic hydroxyl groups is 1. The maximum atomic E-state index is 13.2. The Labute approximate surface area is 256 Å². The number of rotatable bonds is 10. The number of ether oxygens (including phenoxy) is 5. The number of hydrogen-bond donors (Lipinski definition) is 2. The predicted molar refractivity (Wildman–Crippen MR) is 162 cm³/mol. The van der Waals surface area contributed by atoms with Crippen LogP contribution < -0.4 is 24.3 Å². The zero-order chi connectivity index (χ0) is 30.8. The van der Waals surface area contributed by atoms with Gasteiger partial charge in [-0.05, 0) is 37.8 Å². The number of hydrogen-bond acceptors (Lipinski definition) is 10. The van der Waals surface area contributed by atoms with Gasteiger partial charge >= 0.3 is 0 Å². The zero-order valence-electron chi connectivity index (χ0n) is 25.0. The largest absolute Gasteiger partial charge is 0.493 e. The molecule has 12 nitrogen and oxygen atoms in total. The first-order chi connectivity index (χ1) is 21.4. The molecular weight excluding hydrogens is 568 g/mol. The molecule has 0 radical (unpaired) electrons. The lowest BCUT2D eigenvalue weighted by Crippen LogP contribution is -2.51. The number of nitrogens with one attached hydrogen (secondary N) is 1. The van der Waals surface area contributed by atoms with Crippen molar-refractivity contribution in [2.24, 2.45) is 4.99 Å². The highest BCUT2D eigenvalue weighted by atomic mass is 16.5. The number of carbonyl (C=O) groups excluding carboxylic acids is 2. The average Bonchev–Trinajstić information content (AvgIpc) is 3.32. The van der Waals surface area contributed by atoms with Gasteiger partial charge in [-0.15, -0.1) is 0 Å². The Morgan fingerprint density at radius 2 is 1.75 bits per heavy atom. The fraction of sp³-hybridized carbons (Fsp3) is 0.469. The van der Waals surface area contributed by atoms with Crippen molar-refractivity contribution < 1.29 is 38.4 Å². The molecule has 4 heterocycles. The number of methoxy groups -OCH3 is 2. The van der Waals surface area contributed by atoms with Crippen molar-refractivity contribution in [2.75, 3.05) is 59.1 Å². The minimum absolute atomic E-state index is 0.0755. The van der Waals surface area contributed by atoms with Crippen LogP contribution >= 0.6 is 0 Å². The molecule has 2 aromatic carbocycles. The monoisotopic (exact) mass is 606 g/mol. The molecule has 4 aliphatic rings. The molecule has 234 valence electrons. The minimum atomic E-state index is -0.968. The Morgan fingerprint density at radius 3 is 2.50 bits per heavy atom. The van der Waals surface area contributed by atoms with E-state index in [0.29, 0.717) is 78.4 Å². The van der Waals surface area contributed by atoms with E-state index in [1.165, 1.54) is 0 Å². The summed E-state index contributed by atoms with van der Waals surface area (Å²) in [6.07, 6.45) is 3.93. The number of benzene rings is 2. The molecule has 0 aromatic heterocycles. The number of aliphatic imine (C=N–C) groups is 1. The van der Waals surface area contributed by atoms with Crippen LogP contribution in [0.4, 0.5) is 11.4 Å². The van der Waals surface area contributed by atoms with Gasteiger partial charge in [0, 0.05) is 37.0 Å². The van der Waals surface area contributed by atoms with Crippen molar-refractivity contribution in [1.29, 1.82) is 0 Å². The number of unbranched alkanes of at least 4 members (excludes halogenated alkanes) is 2. The van der Waals surface area contributed by atoms with Crippen LogP contribution in [0.1, 0.15) is 47.8 Å². The van der Waals surface area contributed by atoms with Crippen LogP contribution in [0.15, 0.2) is 41.4 Å². The maximum Gasteiger partial charge on any atom is 0.257 e. The normalized spacial score (nSPS) is 22.7. The van der Waals surface area contributed by atoms with Gasteiger partial charge in [-0.25, -0.2) is 0 Å². The van der Waals surface area contributed by atoms with Gasteiger partial charge in [0.2, 0.25) is 5.91 Å². The van der Waals surface area contributed by atoms with E-state index in [2.05, 4.69) is 16.9 Å². The second-order valence-corrected chi connectivity index (χ2v) is 11.3. The van der Waals surface area contributed by atoms with Crippen molar-refractivity contribution in [3.05, 3.63) is 47.5 Å². The third kappa shape index (κ3) is 5.84. The minimum Gasteiger partial charge on any atom is -0.493 e. The molecular formula is C32H38N4O8. The molecule has 1 unspecified atom stereocenters. The van der Waals surface area contributed by atoms with Crippen LogP contribution in [0.25, 0.3) is 0 Å². The lowest BCUT2D eigenvalue weighted by Gasteiger charge is -2.35. The number of nitrogens with zero attached hydrogens (tertiary/aromatic N) is 3. The summed E-state index contributed by atoms with van der Waals surface area (Å²) in [6, 6.07) is 6.25. The van der Waals surface area contributed by atoms with Crippen LogP contribution in [-0.2, 0) is 9.53 Å². The van der Waals surface area contributed by atoms with E-state index >= 15 is 0 Å². The topological polar surface area (TPSA) is 131 Å². The second kappa shape index (κ2) is 12.8. The fourth-order valence-electron chi connectivity index (χ4n) is 6.05. The van der Waals surface area contributed by atoms with Crippen molar-refractivity contribution in [2.45, 2.75) is 44.0 Å². The molecule has 6 rings (SSSR count). The van der Waals surface area contributed by atoms with Gasteiger partial charge in [0.15, 0.2) is 23.0 Å².